The van der Waals surface area contributed by atoms with Gasteiger partial charge in [0, 0.05) is 12.8 Å². The molecule has 0 aromatic carbocycles. The highest BCUT2D eigenvalue weighted by molar-refractivity contribution is 5.60. The number of carbonyl (C=O) groups is 1. The number of aliphatic hydroxyl groups excluding tert-OH is 1. The Morgan fingerprint density at radius 2 is 1.95 bits per heavy atom. The van der Waals surface area contributed by atoms with Crippen LogP contribution in [0.2, 0.25) is 0 Å². The molecule has 19 heavy (non-hydrogen) atoms. The SMILES string of the molecule is CC(C)OC(=O)OC1/C=C/C(O)CC2OCOC2C1. The van der Waals surface area contributed by atoms with Crippen molar-refractivity contribution >= 4 is 6.16 Å². The molecule has 0 radical (unpaired) electrons. The number of ether oxygens (including phenoxy) is 4. The highest BCUT2D eigenvalue weighted by Gasteiger charge is 2.34. The maximum atomic E-state index is 11.5. The topological polar surface area (TPSA) is 74.2 Å². The van der Waals surface area contributed by atoms with Crippen molar-refractivity contribution in [3.8, 4) is 0 Å². The number of aliphatic hydroxyl groups is 1. The maximum Gasteiger partial charge on any atom is 0.509 e. The van der Waals surface area contributed by atoms with Crippen LogP contribution in [-0.2, 0) is 18.9 Å². The fraction of sp³-hybridized carbons (Fsp3) is 0.769. The lowest BCUT2D eigenvalue weighted by Crippen LogP contribution is -2.34. The van der Waals surface area contributed by atoms with Gasteiger partial charge in [0.1, 0.15) is 12.9 Å². The van der Waals surface area contributed by atoms with Crippen molar-refractivity contribution in [1.29, 1.82) is 0 Å². The molecule has 1 saturated heterocycles. The summed E-state index contributed by atoms with van der Waals surface area (Å²) in [6.07, 6.45) is 1.91. The summed E-state index contributed by atoms with van der Waals surface area (Å²) in [5, 5.41) is 9.76. The van der Waals surface area contributed by atoms with Crippen molar-refractivity contribution in [3.05, 3.63) is 12.2 Å². The first-order valence-corrected chi connectivity index (χ1v) is 6.51. The van der Waals surface area contributed by atoms with E-state index in [2.05, 4.69) is 0 Å². The minimum atomic E-state index is -0.713. The van der Waals surface area contributed by atoms with E-state index in [0.717, 1.165) is 0 Å². The Kier molecular flexibility index (Phi) is 4.79. The molecule has 0 saturated carbocycles. The second-order valence-electron chi connectivity index (χ2n) is 5.02. The normalized spacial score (nSPS) is 36.2. The summed E-state index contributed by atoms with van der Waals surface area (Å²) in [7, 11) is 0. The predicted octanol–water partition coefficient (Wildman–Crippen LogP) is 1.37. The van der Waals surface area contributed by atoms with Gasteiger partial charge >= 0.3 is 6.16 Å². The summed E-state index contributed by atoms with van der Waals surface area (Å²) < 4.78 is 21.0. The van der Waals surface area contributed by atoms with Crippen molar-refractivity contribution < 1.29 is 28.8 Å². The molecule has 0 spiro atoms. The molecule has 108 valence electrons. The van der Waals surface area contributed by atoms with Crippen molar-refractivity contribution in [1.82, 2.24) is 0 Å². The Labute approximate surface area is 112 Å². The molecule has 2 rings (SSSR count). The number of fused-ring (bicyclic) bond motifs is 1. The molecule has 6 nitrogen and oxygen atoms in total. The first-order valence-electron chi connectivity index (χ1n) is 6.51. The molecule has 2 aliphatic rings. The van der Waals surface area contributed by atoms with Crippen LogP contribution in [0.25, 0.3) is 0 Å². The third-order valence-corrected chi connectivity index (χ3v) is 3.04. The highest BCUT2D eigenvalue weighted by Crippen LogP contribution is 2.25. The van der Waals surface area contributed by atoms with E-state index >= 15 is 0 Å². The minimum absolute atomic E-state index is 0.160. The molecule has 6 heteroatoms. The lowest BCUT2D eigenvalue weighted by atomic mass is 9.97. The zero-order valence-corrected chi connectivity index (χ0v) is 11.2. The molecule has 1 heterocycles. The van der Waals surface area contributed by atoms with Crippen LogP contribution in [0.5, 0.6) is 0 Å². The standard InChI is InChI=1S/C13H20O6/c1-8(2)18-13(15)19-10-4-3-9(14)5-11-12(6-10)17-7-16-11/h3-4,8-12,14H,5-7H2,1-2H3/b4-3+. The Bertz CT molecular complexity index is 340. The van der Waals surface area contributed by atoms with Gasteiger partial charge in [-0.15, -0.1) is 0 Å². The Hall–Kier alpha value is -1.11. The molecular weight excluding hydrogens is 252 g/mol. The minimum Gasteiger partial charge on any atom is -0.432 e. The third kappa shape index (κ3) is 4.19. The fourth-order valence-electron chi connectivity index (χ4n) is 2.18. The second kappa shape index (κ2) is 6.36. The molecule has 1 N–H and O–H groups in total. The zero-order chi connectivity index (χ0) is 13.8. The van der Waals surface area contributed by atoms with E-state index in [4.69, 9.17) is 18.9 Å². The largest absolute Gasteiger partial charge is 0.509 e. The van der Waals surface area contributed by atoms with Crippen LogP contribution < -0.4 is 0 Å². The number of rotatable bonds is 2. The zero-order valence-electron chi connectivity index (χ0n) is 11.2. The van der Waals surface area contributed by atoms with E-state index in [9.17, 15) is 9.90 Å². The predicted molar refractivity (Wildman–Crippen MR) is 65.5 cm³/mol. The van der Waals surface area contributed by atoms with Crippen LogP contribution in [0.4, 0.5) is 4.79 Å². The van der Waals surface area contributed by atoms with E-state index in [-0.39, 0.29) is 25.1 Å². The monoisotopic (exact) mass is 272 g/mol. The number of hydrogen-bond donors (Lipinski definition) is 1. The van der Waals surface area contributed by atoms with Crippen LogP contribution in [0.1, 0.15) is 26.7 Å². The van der Waals surface area contributed by atoms with Crippen LogP contribution in [0, 0.1) is 0 Å². The van der Waals surface area contributed by atoms with Gasteiger partial charge in [-0.05, 0) is 19.9 Å². The van der Waals surface area contributed by atoms with Crippen LogP contribution >= 0.6 is 0 Å². The number of carbonyl (C=O) groups excluding carboxylic acids is 1. The smallest absolute Gasteiger partial charge is 0.432 e. The fourth-order valence-corrected chi connectivity index (χ4v) is 2.18. The summed E-state index contributed by atoms with van der Waals surface area (Å²) in [4.78, 5) is 11.5. The van der Waals surface area contributed by atoms with E-state index in [1.807, 2.05) is 0 Å². The summed E-state index contributed by atoms with van der Waals surface area (Å²) in [6.45, 7) is 3.72. The van der Waals surface area contributed by atoms with Crippen molar-refractivity contribution in [3.63, 3.8) is 0 Å². The molecule has 0 aromatic rings. The Morgan fingerprint density at radius 3 is 2.63 bits per heavy atom. The van der Waals surface area contributed by atoms with Crippen LogP contribution in [0.15, 0.2) is 12.2 Å². The van der Waals surface area contributed by atoms with Gasteiger partial charge in [0.25, 0.3) is 0 Å². The summed E-state index contributed by atoms with van der Waals surface area (Å²) in [6, 6.07) is 0. The molecule has 4 atom stereocenters. The van der Waals surface area contributed by atoms with Gasteiger partial charge in [0.2, 0.25) is 0 Å². The van der Waals surface area contributed by atoms with Gasteiger partial charge in [-0.1, -0.05) is 6.08 Å². The lowest BCUT2D eigenvalue weighted by Gasteiger charge is -2.25. The Balaban J connectivity index is 1.96. The highest BCUT2D eigenvalue weighted by atomic mass is 16.7. The van der Waals surface area contributed by atoms with Gasteiger partial charge in [-0.3, -0.25) is 0 Å². The molecule has 1 aliphatic carbocycles. The van der Waals surface area contributed by atoms with Crippen molar-refractivity contribution in [2.24, 2.45) is 0 Å². The molecule has 0 aromatic heterocycles. The van der Waals surface area contributed by atoms with Gasteiger partial charge in [-0.2, -0.15) is 0 Å². The first-order chi connectivity index (χ1) is 9.04. The molecule has 1 fully saturated rings. The van der Waals surface area contributed by atoms with Crippen molar-refractivity contribution in [2.45, 2.75) is 57.2 Å². The summed E-state index contributed by atoms with van der Waals surface area (Å²) in [5.41, 5.74) is 0. The third-order valence-electron chi connectivity index (χ3n) is 3.04. The average molecular weight is 272 g/mol. The van der Waals surface area contributed by atoms with E-state index < -0.39 is 18.4 Å². The van der Waals surface area contributed by atoms with Gasteiger partial charge in [0.05, 0.1) is 24.4 Å². The first kappa shape index (κ1) is 14.3. The number of hydrogen-bond acceptors (Lipinski definition) is 6. The second-order valence-corrected chi connectivity index (χ2v) is 5.02. The molecule has 1 aliphatic heterocycles. The Morgan fingerprint density at radius 1 is 1.26 bits per heavy atom. The van der Waals surface area contributed by atoms with E-state index in [1.165, 1.54) is 0 Å². The van der Waals surface area contributed by atoms with E-state index in [0.29, 0.717) is 12.8 Å². The average Bonchev–Trinajstić information content (AvgIpc) is 2.69. The van der Waals surface area contributed by atoms with Crippen molar-refractivity contribution in [2.75, 3.05) is 6.79 Å². The molecular formula is C13H20O6. The van der Waals surface area contributed by atoms with Crippen LogP contribution in [0.3, 0.4) is 0 Å². The van der Waals surface area contributed by atoms with E-state index in [1.54, 1.807) is 26.0 Å². The molecule has 4 unspecified atom stereocenters. The quantitative estimate of drug-likeness (QED) is 0.604. The van der Waals surface area contributed by atoms with Gasteiger partial charge < -0.3 is 24.1 Å². The lowest BCUT2D eigenvalue weighted by molar-refractivity contribution is -0.00342. The summed E-state index contributed by atoms with van der Waals surface area (Å²) in [5.74, 6) is 0. The van der Waals surface area contributed by atoms with Crippen LogP contribution in [-0.4, -0.2) is 48.6 Å². The maximum absolute atomic E-state index is 11.5. The van der Waals surface area contributed by atoms with Gasteiger partial charge in [0.15, 0.2) is 0 Å². The van der Waals surface area contributed by atoms with Gasteiger partial charge in [-0.25, -0.2) is 4.79 Å². The molecule has 0 amide bonds. The summed E-state index contributed by atoms with van der Waals surface area (Å²) >= 11 is 0. The molecule has 0 bridgehead atoms.